The molecule has 1 aromatic carbocycles. The molecule has 2 aliphatic heterocycles. The molecule has 0 saturated carbocycles. The summed E-state index contributed by atoms with van der Waals surface area (Å²) in [5.74, 6) is 1.19. The Morgan fingerprint density at radius 3 is 2.71 bits per heavy atom. The Hall–Kier alpha value is -2.25. The molecule has 1 amide bonds. The Morgan fingerprint density at radius 1 is 1.18 bits per heavy atom. The van der Waals surface area contributed by atoms with Crippen molar-refractivity contribution in [3.05, 3.63) is 30.3 Å². The zero-order valence-corrected chi connectivity index (χ0v) is 16.5. The van der Waals surface area contributed by atoms with E-state index in [-0.39, 0.29) is 11.9 Å². The number of anilines is 1. The number of nitrogens with zero attached hydrogens (tertiary/aromatic N) is 4. The van der Waals surface area contributed by atoms with Crippen LogP contribution >= 0.6 is 0 Å². The van der Waals surface area contributed by atoms with Gasteiger partial charge in [-0.1, -0.05) is 36.8 Å². The van der Waals surface area contributed by atoms with E-state index in [2.05, 4.69) is 20.3 Å². The zero-order valence-electron chi connectivity index (χ0n) is 16.5. The van der Waals surface area contributed by atoms with Gasteiger partial charge in [-0.05, 0) is 39.2 Å². The number of benzene rings is 1. The molecule has 2 aliphatic rings. The maximum absolute atomic E-state index is 13.1. The van der Waals surface area contributed by atoms with Crippen LogP contribution in [0.4, 0.5) is 5.95 Å². The van der Waals surface area contributed by atoms with E-state index in [1.54, 1.807) is 0 Å². The highest BCUT2D eigenvalue weighted by molar-refractivity contribution is 5.93. The first-order valence-corrected chi connectivity index (χ1v) is 10.4. The fourth-order valence-electron chi connectivity index (χ4n) is 4.30. The quantitative estimate of drug-likeness (QED) is 0.859. The maximum atomic E-state index is 13.1. The molecule has 4 rings (SSSR count). The first-order valence-electron chi connectivity index (χ1n) is 10.4. The summed E-state index contributed by atoms with van der Waals surface area (Å²) < 4.78 is 7.34. The summed E-state index contributed by atoms with van der Waals surface area (Å²) in [4.78, 5) is 20.1. The van der Waals surface area contributed by atoms with Crippen molar-refractivity contribution < 1.29 is 9.53 Å². The van der Waals surface area contributed by atoms with Gasteiger partial charge in [0.05, 0.1) is 6.04 Å². The van der Waals surface area contributed by atoms with Gasteiger partial charge in [-0.3, -0.25) is 15.0 Å². The van der Waals surface area contributed by atoms with E-state index >= 15 is 0 Å². The van der Waals surface area contributed by atoms with E-state index in [0.29, 0.717) is 18.5 Å². The molecular formula is C21H29N5O2. The average Bonchev–Trinajstić information content (AvgIpc) is 3.18. The highest BCUT2D eigenvalue weighted by atomic mass is 16.5. The molecule has 0 aliphatic carbocycles. The third-order valence-corrected chi connectivity index (χ3v) is 5.74. The number of hydrogen-bond donors (Lipinski definition) is 1. The first-order chi connectivity index (χ1) is 13.8. The van der Waals surface area contributed by atoms with Crippen LogP contribution in [0.2, 0.25) is 0 Å². The van der Waals surface area contributed by atoms with Crippen LogP contribution in [-0.2, 0) is 16.1 Å². The number of nitrogens with one attached hydrogen (secondary N) is 1. The fraction of sp³-hybridized carbons (Fsp3) is 0.571. The molecule has 7 heteroatoms. The van der Waals surface area contributed by atoms with Crippen molar-refractivity contribution in [2.45, 2.75) is 57.7 Å². The molecule has 28 heavy (non-hydrogen) atoms. The Labute approximate surface area is 166 Å². The normalized spacial score (nSPS) is 21.5. The summed E-state index contributed by atoms with van der Waals surface area (Å²) in [7, 11) is 0. The number of likely N-dealkylation sites (tertiary alicyclic amines) is 1. The van der Waals surface area contributed by atoms with E-state index < -0.39 is 0 Å². The summed E-state index contributed by atoms with van der Waals surface area (Å²) in [6.07, 6.45) is 5.14. The van der Waals surface area contributed by atoms with Crippen LogP contribution in [0.1, 0.15) is 39.0 Å². The number of hydrogen-bond acceptors (Lipinski definition) is 5. The number of aromatic nitrogens is 3. The van der Waals surface area contributed by atoms with Gasteiger partial charge in [0.2, 0.25) is 11.9 Å². The van der Waals surface area contributed by atoms with E-state index in [4.69, 9.17) is 4.74 Å². The van der Waals surface area contributed by atoms with E-state index in [9.17, 15) is 4.79 Å². The second-order valence-electron chi connectivity index (χ2n) is 7.52. The largest absolute Gasteiger partial charge is 0.381 e. The Bertz CT molecular complexity index is 785. The number of amides is 1. The molecule has 1 aromatic heterocycles. The van der Waals surface area contributed by atoms with Gasteiger partial charge in [-0.25, -0.2) is 4.68 Å². The summed E-state index contributed by atoms with van der Waals surface area (Å²) in [5.41, 5.74) is 0.999. The summed E-state index contributed by atoms with van der Waals surface area (Å²) >= 11 is 0. The minimum atomic E-state index is -0.106. The van der Waals surface area contributed by atoms with Gasteiger partial charge in [0.1, 0.15) is 0 Å². The van der Waals surface area contributed by atoms with Crippen molar-refractivity contribution in [3.63, 3.8) is 0 Å². The highest BCUT2D eigenvalue weighted by Gasteiger charge is 2.34. The van der Waals surface area contributed by atoms with Crippen LogP contribution in [0.25, 0.3) is 11.4 Å². The lowest BCUT2D eigenvalue weighted by atomic mass is 9.96. The molecule has 2 fully saturated rings. The number of rotatable bonds is 5. The third-order valence-electron chi connectivity index (χ3n) is 5.74. The van der Waals surface area contributed by atoms with Crippen LogP contribution in [0.3, 0.4) is 0 Å². The van der Waals surface area contributed by atoms with Crippen molar-refractivity contribution in [2.24, 2.45) is 0 Å². The monoisotopic (exact) mass is 383 g/mol. The minimum Gasteiger partial charge on any atom is -0.381 e. The van der Waals surface area contributed by atoms with Gasteiger partial charge in [-0.15, -0.1) is 5.10 Å². The van der Waals surface area contributed by atoms with E-state index in [1.165, 1.54) is 0 Å². The van der Waals surface area contributed by atoms with Gasteiger partial charge in [0.25, 0.3) is 0 Å². The van der Waals surface area contributed by atoms with Crippen LogP contribution in [0.5, 0.6) is 0 Å². The van der Waals surface area contributed by atoms with Crippen molar-refractivity contribution in [2.75, 3.05) is 25.1 Å². The molecule has 2 aromatic rings. The topological polar surface area (TPSA) is 72.3 Å². The Morgan fingerprint density at radius 2 is 1.96 bits per heavy atom. The predicted molar refractivity (Wildman–Crippen MR) is 108 cm³/mol. The van der Waals surface area contributed by atoms with Gasteiger partial charge < -0.3 is 4.74 Å². The molecule has 0 radical (unpaired) electrons. The van der Waals surface area contributed by atoms with Crippen molar-refractivity contribution in [1.29, 1.82) is 0 Å². The molecule has 0 spiro atoms. The van der Waals surface area contributed by atoms with Crippen LogP contribution in [0.15, 0.2) is 30.3 Å². The molecular weight excluding hydrogens is 354 g/mol. The molecule has 0 bridgehead atoms. The average molecular weight is 383 g/mol. The van der Waals surface area contributed by atoms with Gasteiger partial charge in [0.15, 0.2) is 5.82 Å². The molecule has 7 nitrogen and oxygen atoms in total. The highest BCUT2D eigenvalue weighted by Crippen LogP contribution is 2.26. The third kappa shape index (κ3) is 4.10. The van der Waals surface area contributed by atoms with Crippen molar-refractivity contribution in [1.82, 2.24) is 19.7 Å². The minimum absolute atomic E-state index is 0.0130. The molecule has 0 unspecified atom stereocenters. The second-order valence-corrected chi connectivity index (χ2v) is 7.52. The van der Waals surface area contributed by atoms with Gasteiger partial charge in [0, 0.05) is 31.4 Å². The van der Waals surface area contributed by atoms with Crippen LogP contribution in [0, 0.1) is 0 Å². The Kier molecular flexibility index (Phi) is 6.02. The second kappa shape index (κ2) is 8.84. The number of piperidine rings is 1. The molecule has 150 valence electrons. The standard InChI is InChI=1S/C21H29N5O2/c1-2-26-19(16-8-4-3-5-9-16)22-21(24-26)23-20(27)18-10-6-7-13-25(18)17-11-14-28-15-12-17/h3-5,8-9,17-18H,2,6-7,10-15H2,1H3,(H,23,24,27)/t18-/m0/s1. The number of ether oxygens (including phenoxy) is 1. The smallest absolute Gasteiger partial charge is 0.249 e. The molecule has 1 atom stereocenters. The van der Waals surface area contributed by atoms with Gasteiger partial charge >= 0.3 is 0 Å². The predicted octanol–water partition coefficient (Wildman–Crippen LogP) is 2.94. The lowest BCUT2D eigenvalue weighted by Crippen LogP contribution is -2.53. The van der Waals surface area contributed by atoms with E-state index in [0.717, 1.165) is 63.3 Å². The summed E-state index contributed by atoms with van der Waals surface area (Å²) in [5, 5.41) is 7.50. The SMILES string of the molecule is CCn1nc(NC(=O)[C@@H]2CCCCN2C2CCOCC2)nc1-c1ccccc1. The molecule has 1 N–H and O–H groups in total. The number of carbonyl (C=O) groups excluding carboxylic acids is 1. The zero-order chi connectivity index (χ0) is 19.3. The fourth-order valence-corrected chi connectivity index (χ4v) is 4.30. The van der Waals surface area contributed by atoms with Crippen molar-refractivity contribution >= 4 is 11.9 Å². The summed E-state index contributed by atoms with van der Waals surface area (Å²) in [6.45, 7) is 5.29. The number of aryl methyl sites for hydroxylation is 1. The van der Waals surface area contributed by atoms with Gasteiger partial charge in [-0.2, -0.15) is 4.98 Å². The lowest BCUT2D eigenvalue weighted by Gasteiger charge is -2.41. The van der Waals surface area contributed by atoms with Crippen molar-refractivity contribution in [3.8, 4) is 11.4 Å². The van der Waals surface area contributed by atoms with Crippen LogP contribution in [-0.4, -0.2) is 57.4 Å². The maximum Gasteiger partial charge on any atom is 0.249 e. The molecule has 2 saturated heterocycles. The first kappa shape index (κ1) is 19.1. The number of carbonyl (C=O) groups is 1. The lowest BCUT2D eigenvalue weighted by molar-refractivity contribution is -0.124. The van der Waals surface area contributed by atoms with E-state index in [1.807, 2.05) is 41.9 Å². The summed E-state index contributed by atoms with van der Waals surface area (Å²) in [6, 6.07) is 10.3. The van der Waals surface area contributed by atoms with Crippen LogP contribution < -0.4 is 5.32 Å². The molecule has 3 heterocycles. The Balaban J connectivity index is 1.50.